The molecule has 0 bridgehead atoms. The van der Waals surface area contributed by atoms with Gasteiger partial charge in [-0.3, -0.25) is 0 Å². The van der Waals surface area contributed by atoms with E-state index in [1.54, 1.807) is 0 Å². The topological polar surface area (TPSA) is 29.3 Å². The lowest BCUT2D eigenvalue weighted by Crippen LogP contribution is -2.41. The van der Waals surface area contributed by atoms with Gasteiger partial charge in [-0.25, -0.2) is 0 Å². The maximum atomic E-state index is 6.26. The Labute approximate surface area is 110 Å². The molecule has 0 atom stereocenters. The fourth-order valence-electron chi connectivity index (χ4n) is 1.82. The second-order valence-corrected chi connectivity index (χ2v) is 5.41. The summed E-state index contributed by atoms with van der Waals surface area (Å²) in [5, 5.41) is 0.812. The van der Waals surface area contributed by atoms with E-state index in [0.717, 1.165) is 23.4 Å². The summed E-state index contributed by atoms with van der Waals surface area (Å²) in [5.41, 5.74) is 8.12. The number of nitrogens with zero attached hydrogens (tertiary/aromatic N) is 1. The molecule has 0 fully saturated rings. The zero-order chi connectivity index (χ0) is 13.1. The van der Waals surface area contributed by atoms with Gasteiger partial charge in [0.1, 0.15) is 0 Å². The molecule has 2 nitrogen and oxygen atoms in total. The molecule has 0 saturated heterocycles. The highest BCUT2D eigenvalue weighted by molar-refractivity contribution is 6.31. The highest BCUT2D eigenvalue weighted by atomic mass is 35.5. The normalized spacial score (nSPS) is 11.6. The van der Waals surface area contributed by atoms with Crippen LogP contribution in [0.1, 0.15) is 32.8 Å². The van der Waals surface area contributed by atoms with E-state index in [1.165, 1.54) is 5.69 Å². The quantitative estimate of drug-likeness (QED) is 0.872. The van der Waals surface area contributed by atoms with Crippen LogP contribution < -0.4 is 10.6 Å². The summed E-state index contributed by atoms with van der Waals surface area (Å²) in [6.45, 7) is 7.29. The van der Waals surface area contributed by atoms with Crippen LogP contribution in [-0.4, -0.2) is 19.1 Å². The first-order valence-corrected chi connectivity index (χ1v) is 6.53. The highest BCUT2D eigenvalue weighted by Gasteiger charge is 2.23. The summed E-state index contributed by atoms with van der Waals surface area (Å²) in [4.78, 5) is 2.30. The Morgan fingerprint density at radius 2 is 2.00 bits per heavy atom. The van der Waals surface area contributed by atoms with Crippen molar-refractivity contribution in [3.8, 4) is 0 Å². The molecule has 1 aromatic carbocycles. The van der Waals surface area contributed by atoms with E-state index >= 15 is 0 Å². The van der Waals surface area contributed by atoms with Crippen molar-refractivity contribution in [2.45, 2.75) is 39.2 Å². The Bertz CT molecular complexity index is 374. The lowest BCUT2D eigenvalue weighted by atomic mass is 9.97. The van der Waals surface area contributed by atoms with Crippen LogP contribution in [0.2, 0.25) is 5.02 Å². The molecule has 0 saturated carbocycles. The third kappa shape index (κ3) is 3.14. The van der Waals surface area contributed by atoms with E-state index in [2.05, 4.69) is 38.8 Å². The van der Waals surface area contributed by atoms with Crippen LogP contribution in [0.5, 0.6) is 0 Å². The zero-order valence-electron chi connectivity index (χ0n) is 11.3. The van der Waals surface area contributed by atoms with Crippen LogP contribution >= 0.6 is 11.6 Å². The Kier molecular flexibility index (Phi) is 4.84. The summed E-state index contributed by atoms with van der Waals surface area (Å²) >= 11 is 6.26. The van der Waals surface area contributed by atoms with Crippen molar-refractivity contribution in [1.29, 1.82) is 0 Å². The van der Waals surface area contributed by atoms with Gasteiger partial charge in [-0.2, -0.15) is 0 Å². The molecular formula is C14H23ClN2. The van der Waals surface area contributed by atoms with Gasteiger partial charge >= 0.3 is 0 Å². The van der Waals surface area contributed by atoms with Crippen LogP contribution in [0.3, 0.4) is 0 Å². The first-order valence-electron chi connectivity index (χ1n) is 6.15. The van der Waals surface area contributed by atoms with Crippen LogP contribution in [0.25, 0.3) is 0 Å². The van der Waals surface area contributed by atoms with E-state index < -0.39 is 0 Å². The molecular weight excluding hydrogens is 232 g/mol. The minimum atomic E-state index is 0.119. The third-order valence-electron chi connectivity index (χ3n) is 3.62. The van der Waals surface area contributed by atoms with Crippen molar-refractivity contribution in [3.63, 3.8) is 0 Å². The lowest BCUT2D eigenvalue weighted by molar-refractivity contribution is 0.470. The minimum Gasteiger partial charge on any atom is -0.369 e. The molecule has 0 radical (unpaired) electrons. The molecule has 3 heteroatoms. The van der Waals surface area contributed by atoms with Crippen LogP contribution in [0, 0.1) is 0 Å². The van der Waals surface area contributed by atoms with Gasteiger partial charge in [-0.05, 0) is 50.9 Å². The molecule has 0 aliphatic rings. The molecule has 0 aliphatic carbocycles. The van der Waals surface area contributed by atoms with Crippen molar-refractivity contribution in [3.05, 3.63) is 28.8 Å². The van der Waals surface area contributed by atoms with Gasteiger partial charge in [0.05, 0.1) is 0 Å². The Morgan fingerprint density at radius 1 is 1.35 bits per heavy atom. The highest BCUT2D eigenvalue weighted by Crippen LogP contribution is 2.32. The van der Waals surface area contributed by atoms with E-state index in [9.17, 15) is 0 Å². The van der Waals surface area contributed by atoms with Crippen molar-refractivity contribution in [2.75, 3.05) is 18.5 Å². The molecule has 17 heavy (non-hydrogen) atoms. The predicted molar refractivity (Wildman–Crippen MR) is 77.0 cm³/mol. The largest absolute Gasteiger partial charge is 0.369 e. The van der Waals surface area contributed by atoms with E-state index in [4.69, 9.17) is 17.3 Å². The predicted octanol–water partition coefficient (Wildman–Crippen LogP) is 3.47. The van der Waals surface area contributed by atoms with E-state index in [1.807, 2.05) is 12.1 Å². The molecule has 0 spiro atoms. The summed E-state index contributed by atoms with van der Waals surface area (Å²) in [5.74, 6) is 0. The molecule has 1 rings (SSSR count). The number of benzene rings is 1. The maximum absolute atomic E-state index is 6.26. The minimum absolute atomic E-state index is 0.119. The van der Waals surface area contributed by atoms with Crippen molar-refractivity contribution >= 4 is 17.3 Å². The number of hydrogen-bond acceptors (Lipinski definition) is 2. The van der Waals surface area contributed by atoms with Gasteiger partial charge in [-0.15, -0.1) is 0 Å². The second-order valence-electron chi connectivity index (χ2n) is 5.00. The Hall–Kier alpha value is -0.730. The Morgan fingerprint density at radius 3 is 2.53 bits per heavy atom. The SMILES string of the molecule is CCC(C)(C)N(C)c1cccc(Cl)c1CCN. The fraction of sp³-hybridized carbons (Fsp3) is 0.571. The van der Waals surface area contributed by atoms with Crippen molar-refractivity contribution < 1.29 is 0 Å². The van der Waals surface area contributed by atoms with Gasteiger partial charge in [0.25, 0.3) is 0 Å². The summed E-state index contributed by atoms with van der Waals surface area (Å²) in [7, 11) is 2.12. The summed E-state index contributed by atoms with van der Waals surface area (Å²) in [6.07, 6.45) is 1.90. The fourth-order valence-corrected chi connectivity index (χ4v) is 2.08. The molecule has 0 heterocycles. The van der Waals surface area contributed by atoms with Gasteiger partial charge in [-0.1, -0.05) is 24.6 Å². The van der Waals surface area contributed by atoms with E-state index in [0.29, 0.717) is 6.54 Å². The van der Waals surface area contributed by atoms with Crippen LogP contribution in [0.15, 0.2) is 18.2 Å². The first kappa shape index (κ1) is 14.3. The molecule has 1 aromatic rings. The van der Waals surface area contributed by atoms with Crippen molar-refractivity contribution in [2.24, 2.45) is 5.73 Å². The molecule has 96 valence electrons. The molecule has 2 N–H and O–H groups in total. The van der Waals surface area contributed by atoms with Crippen molar-refractivity contribution in [1.82, 2.24) is 0 Å². The first-order chi connectivity index (χ1) is 7.94. The number of anilines is 1. The average molecular weight is 255 g/mol. The summed E-state index contributed by atoms with van der Waals surface area (Å²) in [6, 6.07) is 6.05. The van der Waals surface area contributed by atoms with E-state index in [-0.39, 0.29) is 5.54 Å². The Balaban J connectivity index is 3.17. The molecule has 0 aliphatic heterocycles. The molecule has 0 unspecified atom stereocenters. The van der Waals surface area contributed by atoms with Gasteiger partial charge < -0.3 is 10.6 Å². The number of rotatable bonds is 5. The van der Waals surface area contributed by atoms with Gasteiger partial charge in [0, 0.05) is 23.3 Å². The number of nitrogens with two attached hydrogens (primary N) is 1. The average Bonchev–Trinajstić information content (AvgIpc) is 2.31. The maximum Gasteiger partial charge on any atom is 0.0459 e. The smallest absolute Gasteiger partial charge is 0.0459 e. The van der Waals surface area contributed by atoms with Crippen LogP contribution in [0.4, 0.5) is 5.69 Å². The monoisotopic (exact) mass is 254 g/mol. The second kappa shape index (κ2) is 5.74. The standard InChI is InChI=1S/C14H23ClN2/c1-5-14(2,3)17(4)13-8-6-7-12(15)11(13)9-10-16/h6-8H,5,9-10,16H2,1-4H3. The third-order valence-corrected chi connectivity index (χ3v) is 3.98. The molecule has 0 aromatic heterocycles. The van der Waals surface area contributed by atoms with Gasteiger partial charge in [0.2, 0.25) is 0 Å². The van der Waals surface area contributed by atoms with Crippen LogP contribution in [-0.2, 0) is 6.42 Å². The summed E-state index contributed by atoms with van der Waals surface area (Å²) < 4.78 is 0. The lowest BCUT2D eigenvalue weighted by Gasteiger charge is -2.38. The number of hydrogen-bond donors (Lipinski definition) is 1. The number of halogens is 1. The van der Waals surface area contributed by atoms with Gasteiger partial charge in [0.15, 0.2) is 0 Å². The zero-order valence-corrected chi connectivity index (χ0v) is 12.0. The molecule has 0 amide bonds.